The number of anilines is 1. The molecule has 5 nitrogen and oxygen atoms in total. The second kappa shape index (κ2) is 5.16. The highest BCUT2D eigenvalue weighted by Crippen LogP contribution is 2.03. The van der Waals surface area contributed by atoms with Crippen molar-refractivity contribution < 1.29 is 4.79 Å². The quantitative estimate of drug-likeness (QED) is 0.731. The molecule has 5 heteroatoms. The largest absolute Gasteiger partial charge is 0.382 e. The summed E-state index contributed by atoms with van der Waals surface area (Å²) in [6, 6.07) is 9.97. The lowest BCUT2D eigenvalue weighted by Crippen LogP contribution is -2.26. The van der Waals surface area contributed by atoms with E-state index in [-0.39, 0.29) is 11.7 Å². The van der Waals surface area contributed by atoms with Gasteiger partial charge in [0.15, 0.2) is 5.82 Å². The number of nitrogens with one attached hydrogen (secondary N) is 2. The number of amides is 1. The first-order valence-electron chi connectivity index (χ1n) is 5.38. The number of nitrogens with zero attached hydrogens (tertiary/aromatic N) is 1. The first kappa shape index (κ1) is 11.2. The van der Waals surface area contributed by atoms with Crippen LogP contribution in [0.3, 0.4) is 0 Å². The van der Waals surface area contributed by atoms with Crippen molar-refractivity contribution in [2.75, 3.05) is 12.3 Å². The molecule has 0 fully saturated rings. The van der Waals surface area contributed by atoms with Crippen LogP contribution in [0, 0.1) is 0 Å². The number of imidazole rings is 1. The van der Waals surface area contributed by atoms with Crippen molar-refractivity contribution in [1.29, 1.82) is 0 Å². The van der Waals surface area contributed by atoms with Gasteiger partial charge in [0.25, 0.3) is 5.91 Å². The van der Waals surface area contributed by atoms with Gasteiger partial charge in [-0.1, -0.05) is 30.3 Å². The summed E-state index contributed by atoms with van der Waals surface area (Å²) in [5, 5.41) is 2.78. The van der Waals surface area contributed by atoms with Gasteiger partial charge in [-0.2, -0.15) is 0 Å². The number of H-pyrrole nitrogens is 1. The van der Waals surface area contributed by atoms with Gasteiger partial charge in [-0.25, -0.2) is 4.98 Å². The maximum atomic E-state index is 11.7. The Morgan fingerprint density at radius 1 is 1.35 bits per heavy atom. The molecule has 0 aliphatic heterocycles. The summed E-state index contributed by atoms with van der Waals surface area (Å²) in [6.07, 6.45) is 2.20. The van der Waals surface area contributed by atoms with Gasteiger partial charge in [0.1, 0.15) is 5.69 Å². The first-order chi connectivity index (χ1) is 8.27. The molecule has 17 heavy (non-hydrogen) atoms. The van der Waals surface area contributed by atoms with E-state index in [9.17, 15) is 4.79 Å². The van der Waals surface area contributed by atoms with Crippen LogP contribution in [0.4, 0.5) is 5.82 Å². The summed E-state index contributed by atoms with van der Waals surface area (Å²) < 4.78 is 0. The number of hydrogen-bond donors (Lipinski definition) is 3. The zero-order chi connectivity index (χ0) is 12.1. The van der Waals surface area contributed by atoms with E-state index in [1.54, 1.807) is 0 Å². The fourth-order valence-corrected chi connectivity index (χ4v) is 1.54. The Bertz CT molecular complexity index is 492. The second-order valence-corrected chi connectivity index (χ2v) is 3.65. The van der Waals surface area contributed by atoms with Gasteiger partial charge in [-0.05, 0) is 12.0 Å². The number of hydrogen-bond acceptors (Lipinski definition) is 3. The zero-order valence-corrected chi connectivity index (χ0v) is 9.31. The Morgan fingerprint density at radius 3 is 2.76 bits per heavy atom. The van der Waals surface area contributed by atoms with Gasteiger partial charge in [0, 0.05) is 6.54 Å². The molecule has 0 bridgehead atoms. The van der Waals surface area contributed by atoms with E-state index < -0.39 is 0 Å². The van der Waals surface area contributed by atoms with Crippen LogP contribution in [0.1, 0.15) is 16.1 Å². The lowest BCUT2D eigenvalue weighted by molar-refractivity contribution is 0.0950. The third-order valence-corrected chi connectivity index (χ3v) is 2.44. The molecule has 1 amide bonds. The molecule has 1 aromatic heterocycles. The fourth-order valence-electron chi connectivity index (χ4n) is 1.54. The van der Waals surface area contributed by atoms with Crippen LogP contribution in [0.2, 0.25) is 0 Å². The average Bonchev–Trinajstić information content (AvgIpc) is 2.77. The summed E-state index contributed by atoms with van der Waals surface area (Å²) >= 11 is 0. The van der Waals surface area contributed by atoms with Crippen LogP contribution in [-0.4, -0.2) is 22.4 Å². The van der Waals surface area contributed by atoms with E-state index in [0.717, 1.165) is 6.42 Å². The van der Waals surface area contributed by atoms with Gasteiger partial charge < -0.3 is 16.0 Å². The van der Waals surface area contributed by atoms with Crippen molar-refractivity contribution in [1.82, 2.24) is 15.3 Å². The van der Waals surface area contributed by atoms with Crippen molar-refractivity contribution in [2.24, 2.45) is 0 Å². The van der Waals surface area contributed by atoms with Crippen molar-refractivity contribution in [3.63, 3.8) is 0 Å². The number of aromatic amines is 1. The molecule has 0 unspecified atom stereocenters. The molecular formula is C12H14N4O. The van der Waals surface area contributed by atoms with Gasteiger partial charge in [0.2, 0.25) is 0 Å². The highest BCUT2D eigenvalue weighted by atomic mass is 16.1. The number of carbonyl (C=O) groups excluding carboxylic acids is 1. The van der Waals surface area contributed by atoms with Crippen molar-refractivity contribution in [3.8, 4) is 0 Å². The Kier molecular flexibility index (Phi) is 3.40. The van der Waals surface area contributed by atoms with Crippen LogP contribution in [-0.2, 0) is 6.42 Å². The monoisotopic (exact) mass is 230 g/mol. The van der Waals surface area contributed by atoms with Gasteiger partial charge >= 0.3 is 0 Å². The molecule has 0 saturated carbocycles. The van der Waals surface area contributed by atoms with E-state index >= 15 is 0 Å². The lowest BCUT2D eigenvalue weighted by atomic mass is 10.1. The molecule has 0 radical (unpaired) electrons. The number of rotatable bonds is 4. The Hall–Kier alpha value is -2.30. The van der Waals surface area contributed by atoms with E-state index in [0.29, 0.717) is 12.2 Å². The fraction of sp³-hybridized carbons (Fsp3) is 0.167. The van der Waals surface area contributed by atoms with Crippen LogP contribution in [0.25, 0.3) is 0 Å². The first-order valence-corrected chi connectivity index (χ1v) is 5.38. The van der Waals surface area contributed by atoms with E-state index in [4.69, 9.17) is 5.73 Å². The predicted molar refractivity (Wildman–Crippen MR) is 65.5 cm³/mol. The van der Waals surface area contributed by atoms with Crippen LogP contribution < -0.4 is 11.1 Å². The summed E-state index contributed by atoms with van der Waals surface area (Å²) in [5.41, 5.74) is 7.02. The second-order valence-electron chi connectivity index (χ2n) is 3.65. The summed E-state index contributed by atoms with van der Waals surface area (Å²) in [5.74, 6) is -0.00172. The minimum atomic E-state index is -0.226. The normalized spacial score (nSPS) is 10.1. The molecule has 0 atom stereocenters. The summed E-state index contributed by atoms with van der Waals surface area (Å²) in [7, 11) is 0. The van der Waals surface area contributed by atoms with E-state index in [1.165, 1.54) is 11.9 Å². The zero-order valence-electron chi connectivity index (χ0n) is 9.31. The molecule has 0 aliphatic rings. The Morgan fingerprint density at radius 2 is 2.12 bits per heavy atom. The van der Waals surface area contributed by atoms with Crippen molar-refractivity contribution in [3.05, 3.63) is 47.9 Å². The third kappa shape index (κ3) is 2.84. The van der Waals surface area contributed by atoms with Crippen LogP contribution in [0.15, 0.2) is 36.7 Å². The molecule has 1 aromatic carbocycles. The maximum absolute atomic E-state index is 11.7. The van der Waals surface area contributed by atoms with Crippen molar-refractivity contribution >= 4 is 11.7 Å². The molecule has 2 rings (SSSR count). The maximum Gasteiger partial charge on any atom is 0.271 e. The van der Waals surface area contributed by atoms with E-state index in [1.807, 2.05) is 30.3 Å². The van der Waals surface area contributed by atoms with Gasteiger partial charge in [-0.15, -0.1) is 0 Å². The lowest BCUT2D eigenvalue weighted by Gasteiger charge is -2.04. The van der Waals surface area contributed by atoms with Crippen LogP contribution >= 0.6 is 0 Å². The number of nitrogen functional groups attached to an aromatic ring is 1. The Labute approximate surface area is 99.1 Å². The van der Waals surface area contributed by atoms with Crippen LogP contribution in [0.5, 0.6) is 0 Å². The number of aromatic nitrogens is 2. The molecule has 4 N–H and O–H groups in total. The highest BCUT2D eigenvalue weighted by molar-refractivity contribution is 5.96. The molecule has 1 heterocycles. The number of carbonyl (C=O) groups is 1. The molecule has 88 valence electrons. The molecule has 0 saturated heterocycles. The molecule has 0 aliphatic carbocycles. The van der Waals surface area contributed by atoms with Gasteiger partial charge in [-0.3, -0.25) is 4.79 Å². The van der Waals surface area contributed by atoms with Crippen molar-refractivity contribution in [2.45, 2.75) is 6.42 Å². The summed E-state index contributed by atoms with van der Waals surface area (Å²) in [6.45, 7) is 0.571. The minimum Gasteiger partial charge on any atom is -0.382 e. The SMILES string of the molecule is Nc1nc[nH]c1C(=O)NCCc1ccccc1. The number of nitrogens with two attached hydrogens (primary N) is 1. The van der Waals surface area contributed by atoms with Gasteiger partial charge in [0.05, 0.1) is 6.33 Å². The smallest absolute Gasteiger partial charge is 0.271 e. The standard InChI is InChI=1S/C12H14N4O/c13-11-10(15-8-16-11)12(17)14-7-6-9-4-2-1-3-5-9/h1-5,8H,6-7,13H2,(H,14,17)(H,15,16). The summed E-state index contributed by atoms with van der Waals surface area (Å²) in [4.78, 5) is 18.1. The number of benzene rings is 1. The third-order valence-electron chi connectivity index (χ3n) is 2.44. The topological polar surface area (TPSA) is 83.8 Å². The van der Waals surface area contributed by atoms with E-state index in [2.05, 4.69) is 15.3 Å². The molecular weight excluding hydrogens is 216 g/mol. The Balaban J connectivity index is 1.84. The average molecular weight is 230 g/mol. The highest BCUT2D eigenvalue weighted by Gasteiger charge is 2.10. The molecule has 0 spiro atoms. The molecule has 2 aromatic rings. The predicted octanol–water partition coefficient (Wildman–Crippen LogP) is 0.964. The minimum absolute atomic E-state index is 0.224.